The van der Waals surface area contributed by atoms with Gasteiger partial charge in [-0.3, -0.25) is 4.79 Å². The average Bonchev–Trinajstić information content (AvgIpc) is 3.15. The number of aryl methyl sites for hydroxylation is 1. The lowest BCUT2D eigenvalue weighted by Crippen LogP contribution is -2.28. The summed E-state index contributed by atoms with van der Waals surface area (Å²) in [7, 11) is 0. The van der Waals surface area contributed by atoms with Crippen molar-refractivity contribution in [2.24, 2.45) is 0 Å². The smallest absolute Gasteiger partial charge is 0.213 e. The molecule has 2 heterocycles. The predicted molar refractivity (Wildman–Crippen MR) is 147 cm³/mol. The number of hydrogen-bond acceptors (Lipinski definition) is 3. The highest BCUT2D eigenvalue weighted by Gasteiger charge is 2.21. The number of nitrogens with zero attached hydrogens (tertiary/aromatic N) is 4. The predicted octanol–water partition coefficient (Wildman–Crippen LogP) is 5.75. The van der Waals surface area contributed by atoms with E-state index in [1.54, 1.807) is 0 Å². The summed E-state index contributed by atoms with van der Waals surface area (Å²) in [6, 6.07) is 12.2. The van der Waals surface area contributed by atoms with E-state index in [0.29, 0.717) is 5.02 Å². The molecule has 2 aromatic carbocycles. The van der Waals surface area contributed by atoms with Crippen LogP contribution in [0.4, 0.5) is 0 Å². The minimum Gasteiger partial charge on any atom is -0.337 e. The van der Waals surface area contributed by atoms with Crippen LogP contribution >= 0.6 is 11.6 Å². The Morgan fingerprint density at radius 1 is 0.735 bits per heavy atom. The van der Waals surface area contributed by atoms with E-state index in [0.717, 1.165) is 85.2 Å². The molecule has 182 valence electrons. The van der Waals surface area contributed by atoms with Gasteiger partial charge in [-0.05, 0) is 63.4 Å². The first-order valence-corrected chi connectivity index (χ1v) is 13.0. The van der Waals surface area contributed by atoms with Crippen LogP contribution in [0, 0.1) is 6.92 Å². The first-order chi connectivity index (χ1) is 16.4. The fourth-order valence-electron chi connectivity index (χ4n) is 5.15. The zero-order valence-electron chi connectivity index (χ0n) is 21.2. The zero-order valence-corrected chi connectivity index (χ0v) is 22.0. The van der Waals surface area contributed by atoms with Crippen molar-refractivity contribution in [3.05, 3.63) is 57.2 Å². The van der Waals surface area contributed by atoms with E-state index in [1.807, 2.05) is 18.2 Å². The van der Waals surface area contributed by atoms with Gasteiger partial charge in [-0.25, -0.2) is 0 Å². The van der Waals surface area contributed by atoms with Crippen LogP contribution in [0.15, 0.2) is 41.2 Å². The fourth-order valence-corrected chi connectivity index (χ4v) is 5.32. The van der Waals surface area contributed by atoms with Gasteiger partial charge in [-0.2, -0.15) is 0 Å². The van der Waals surface area contributed by atoms with E-state index in [2.05, 4.69) is 71.8 Å². The van der Waals surface area contributed by atoms with E-state index < -0.39 is 0 Å². The van der Waals surface area contributed by atoms with E-state index in [9.17, 15) is 4.79 Å². The van der Waals surface area contributed by atoms with Gasteiger partial charge in [0.1, 0.15) is 5.52 Å². The number of fused-ring (bicyclic) bond motifs is 4. The number of rotatable bonds is 10. The first-order valence-electron chi connectivity index (χ1n) is 12.6. The molecule has 0 amide bonds. The van der Waals surface area contributed by atoms with Gasteiger partial charge in [0, 0.05) is 42.0 Å². The fraction of sp³-hybridized carbons (Fsp3) is 0.464. The Morgan fingerprint density at radius 2 is 1.32 bits per heavy atom. The van der Waals surface area contributed by atoms with E-state index in [1.165, 1.54) is 5.56 Å². The quantitative estimate of drug-likeness (QED) is 0.289. The van der Waals surface area contributed by atoms with Gasteiger partial charge in [-0.15, -0.1) is 0 Å². The largest absolute Gasteiger partial charge is 0.337 e. The van der Waals surface area contributed by atoms with Crippen molar-refractivity contribution in [1.82, 2.24) is 18.9 Å². The Kier molecular flexibility index (Phi) is 7.66. The maximum atomic E-state index is 14.0. The molecule has 0 unspecified atom stereocenters. The minimum atomic E-state index is 0.0918. The summed E-state index contributed by atoms with van der Waals surface area (Å²) >= 11 is 6.44. The number of likely N-dealkylation sites (N-methyl/N-ethyl adjacent to an activating group) is 2. The van der Waals surface area contributed by atoms with Crippen LogP contribution in [-0.2, 0) is 13.1 Å². The molecule has 0 atom stereocenters. The second-order valence-corrected chi connectivity index (χ2v) is 9.50. The van der Waals surface area contributed by atoms with Crippen LogP contribution in [0.5, 0.6) is 0 Å². The highest BCUT2D eigenvalue weighted by molar-refractivity contribution is 6.31. The van der Waals surface area contributed by atoms with Gasteiger partial charge in [-0.1, -0.05) is 50.9 Å². The van der Waals surface area contributed by atoms with Crippen molar-refractivity contribution >= 4 is 44.4 Å². The summed E-state index contributed by atoms with van der Waals surface area (Å²) in [6.45, 7) is 18.3. The van der Waals surface area contributed by atoms with Crippen LogP contribution in [0.1, 0.15) is 33.3 Å². The van der Waals surface area contributed by atoms with Gasteiger partial charge in [0.15, 0.2) is 0 Å². The molecular formula is C28H37ClN4O. The summed E-state index contributed by atoms with van der Waals surface area (Å²) in [4.78, 5) is 18.8. The third kappa shape index (κ3) is 4.49. The number of pyridine rings is 1. The summed E-state index contributed by atoms with van der Waals surface area (Å²) in [5, 5.41) is 2.54. The summed E-state index contributed by atoms with van der Waals surface area (Å²) in [5.74, 6) is 0. The van der Waals surface area contributed by atoms with Gasteiger partial charge in [0.05, 0.1) is 16.6 Å². The maximum Gasteiger partial charge on any atom is 0.213 e. The molecular weight excluding hydrogens is 444 g/mol. The van der Waals surface area contributed by atoms with Crippen LogP contribution in [0.3, 0.4) is 0 Å². The molecule has 0 saturated carbocycles. The Hall–Kier alpha value is -2.34. The van der Waals surface area contributed by atoms with Crippen molar-refractivity contribution in [2.45, 2.75) is 47.7 Å². The van der Waals surface area contributed by atoms with Gasteiger partial charge >= 0.3 is 0 Å². The molecule has 0 N–H and O–H groups in total. The van der Waals surface area contributed by atoms with Crippen molar-refractivity contribution in [2.75, 3.05) is 39.3 Å². The average molecular weight is 481 g/mol. The molecule has 0 bridgehead atoms. The zero-order chi connectivity index (χ0) is 24.4. The van der Waals surface area contributed by atoms with Gasteiger partial charge in [0.2, 0.25) is 5.43 Å². The monoisotopic (exact) mass is 480 g/mol. The third-order valence-corrected chi connectivity index (χ3v) is 7.48. The number of benzene rings is 2. The molecule has 0 spiro atoms. The van der Waals surface area contributed by atoms with Crippen LogP contribution in [0.2, 0.25) is 5.02 Å². The highest BCUT2D eigenvalue weighted by atomic mass is 35.5. The van der Waals surface area contributed by atoms with E-state index >= 15 is 0 Å². The van der Waals surface area contributed by atoms with Gasteiger partial charge in [0.25, 0.3) is 0 Å². The van der Waals surface area contributed by atoms with Gasteiger partial charge < -0.3 is 18.9 Å². The minimum absolute atomic E-state index is 0.0918. The SMILES string of the molecule is CCN(CC)CCn1c2ccc(C)cc2c2c1c(=O)c1ccc(Cl)cc1n2CCN(CC)CC. The molecule has 0 aliphatic carbocycles. The Bertz CT molecular complexity index is 1360. The lowest BCUT2D eigenvalue weighted by atomic mass is 10.1. The van der Waals surface area contributed by atoms with Crippen molar-refractivity contribution in [1.29, 1.82) is 0 Å². The van der Waals surface area contributed by atoms with Crippen LogP contribution in [0.25, 0.3) is 32.8 Å². The molecule has 4 rings (SSSR count). The normalized spacial score (nSPS) is 12.2. The highest BCUT2D eigenvalue weighted by Crippen LogP contribution is 2.32. The number of aromatic nitrogens is 2. The standard InChI is InChI=1S/C28H37ClN4O/c1-6-30(7-2)14-16-32-24-13-10-20(5)18-23(24)26-27(32)28(34)22-12-11-21(29)19-25(22)33(26)17-15-31(8-3)9-4/h10-13,18-19H,6-9,14-17H2,1-5H3. The number of hydrogen-bond donors (Lipinski definition) is 0. The molecule has 2 aromatic heterocycles. The summed E-state index contributed by atoms with van der Waals surface area (Å²) in [5.41, 5.74) is 5.18. The third-order valence-electron chi connectivity index (χ3n) is 7.24. The molecule has 0 radical (unpaired) electrons. The molecule has 0 fully saturated rings. The molecule has 0 aliphatic heterocycles. The van der Waals surface area contributed by atoms with E-state index in [4.69, 9.17) is 11.6 Å². The van der Waals surface area contributed by atoms with E-state index in [-0.39, 0.29) is 5.43 Å². The lowest BCUT2D eigenvalue weighted by Gasteiger charge is -2.21. The second kappa shape index (κ2) is 10.5. The summed E-state index contributed by atoms with van der Waals surface area (Å²) < 4.78 is 4.60. The maximum absolute atomic E-state index is 14.0. The molecule has 0 aliphatic rings. The molecule has 34 heavy (non-hydrogen) atoms. The van der Waals surface area contributed by atoms with Crippen molar-refractivity contribution in [3.8, 4) is 0 Å². The number of halogens is 1. The molecule has 5 nitrogen and oxygen atoms in total. The first kappa shape index (κ1) is 24.8. The Morgan fingerprint density at radius 3 is 1.91 bits per heavy atom. The topological polar surface area (TPSA) is 33.4 Å². The van der Waals surface area contributed by atoms with Crippen molar-refractivity contribution < 1.29 is 0 Å². The second-order valence-electron chi connectivity index (χ2n) is 9.07. The lowest BCUT2D eigenvalue weighted by molar-refractivity contribution is 0.292. The molecule has 0 saturated heterocycles. The molecule has 6 heteroatoms. The Labute approximate surface area is 207 Å². The van der Waals surface area contributed by atoms with Crippen LogP contribution < -0.4 is 5.43 Å². The van der Waals surface area contributed by atoms with Crippen molar-refractivity contribution in [3.63, 3.8) is 0 Å². The Balaban J connectivity index is 2.06. The summed E-state index contributed by atoms with van der Waals surface area (Å²) in [6.07, 6.45) is 0. The van der Waals surface area contributed by atoms with Crippen LogP contribution in [-0.4, -0.2) is 58.2 Å². The molecule has 4 aromatic rings.